The van der Waals surface area contributed by atoms with Crippen LogP contribution in [0.15, 0.2) is 71.9 Å². The maximum atomic E-state index is 13.3. The van der Waals surface area contributed by atoms with Crippen LogP contribution in [0.3, 0.4) is 0 Å². The van der Waals surface area contributed by atoms with Crippen LogP contribution in [-0.2, 0) is 13.0 Å². The molecule has 6 rings (SSSR count). The summed E-state index contributed by atoms with van der Waals surface area (Å²) in [6, 6.07) is 17.1. The van der Waals surface area contributed by atoms with E-state index in [1.165, 1.54) is 6.33 Å². The molecule has 1 aliphatic rings. The first kappa shape index (κ1) is 22.8. The number of anilines is 2. The molecule has 5 aromatic rings. The van der Waals surface area contributed by atoms with Crippen molar-refractivity contribution in [2.24, 2.45) is 0 Å². The maximum Gasteiger partial charge on any atom is 0.284 e. The molecule has 0 aliphatic carbocycles. The van der Waals surface area contributed by atoms with E-state index in [2.05, 4.69) is 33.7 Å². The van der Waals surface area contributed by atoms with Gasteiger partial charge in [0.1, 0.15) is 23.4 Å². The smallest absolute Gasteiger partial charge is 0.284 e. The highest BCUT2D eigenvalue weighted by Crippen LogP contribution is 2.34. The highest BCUT2D eigenvalue weighted by Gasteiger charge is 2.28. The molecule has 1 aliphatic heterocycles. The molecule has 4 heterocycles. The Labute approximate surface area is 213 Å². The number of benzene rings is 2. The van der Waals surface area contributed by atoms with Gasteiger partial charge >= 0.3 is 0 Å². The predicted octanol–water partition coefficient (Wildman–Crippen LogP) is 4.41. The standard InChI is InChI=1S/C28H27N7O2/c1-17(2)33-15-21(23-25(29)30-16-31-26(23)33)18-10-12-19(13-11-18)32-27(36)24-22-9-6-14-34(22)35(28(24)37)20-7-4-3-5-8-20/h3-5,7-8,10-13,15-17H,6,9,14H2,1-2H3,(H,32,36)(H2,29,30,31). The first-order valence-corrected chi connectivity index (χ1v) is 12.4. The lowest BCUT2D eigenvalue weighted by atomic mass is 10.1. The minimum Gasteiger partial charge on any atom is -0.383 e. The van der Waals surface area contributed by atoms with Crippen molar-refractivity contribution in [1.29, 1.82) is 0 Å². The highest BCUT2D eigenvalue weighted by atomic mass is 16.2. The molecule has 1 amide bonds. The van der Waals surface area contributed by atoms with Gasteiger partial charge in [0.2, 0.25) is 0 Å². The lowest BCUT2D eigenvalue weighted by Gasteiger charge is -2.08. The second-order valence-corrected chi connectivity index (χ2v) is 9.53. The van der Waals surface area contributed by atoms with Crippen LogP contribution in [0.25, 0.3) is 27.8 Å². The molecule has 0 bridgehead atoms. The molecule has 3 aromatic heterocycles. The van der Waals surface area contributed by atoms with Gasteiger partial charge in [-0.1, -0.05) is 30.3 Å². The molecular weight excluding hydrogens is 466 g/mol. The molecule has 0 unspecified atom stereocenters. The van der Waals surface area contributed by atoms with Crippen molar-refractivity contribution in [3.05, 3.63) is 88.7 Å². The van der Waals surface area contributed by atoms with Gasteiger partial charge in [0.25, 0.3) is 11.5 Å². The van der Waals surface area contributed by atoms with Gasteiger partial charge in [-0.05, 0) is 56.5 Å². The number of nitrogens with zero attached hydrogens (tertiary/aromatic N) is 5. The number of nitrogen functional groups attached to an aromatic ring is 1. The van der Waals surface area contributed by atoms with Crippen molar-refractivity contribution in [2.75, 3.05) is 11.1 Å². The zero-order chi connectivity index (χ0) is 25.7. The molecule has 0 saturated carbocycles. The van der Waals surface area contributed by atoms with E-state index in [-0.39, 0.29) is 17.2 Å². The number of para-hydroxylation sites is 1. The van der Waals surface area contributed by atoms with Crippen LogP contribution in [0.2, 0.25) is 0 Å². The summed E-state index contributed by atoms with van der Waals surface area (Å²) in [6.45, 7) is 4.88. The van der Waals surface area contributed by atoms with Crippen molar-refractivity contribution < 1.29 is 4.79 Å². The molecule has 0 saturated heterocycles. The lowest BCUT2D eigenvalue weighted by molar-refractivity contribution is 0.102. The van der Waals surface area contributed by atoms with Crippen LogP contribution < -0.4 is 16.6 Å². The summed E-state index contributed by atoms with van der Waals surface area (Å²) in [6.07, 6.45) is 5.10. The van der Waals surface area contributed by atoms with Crippen LogP contribution >= 0.6 is 0 Å². The summed E-state index contributed by atoms with van der Waals surface area (Å²) in [7, 11) is 0. The first-order chi connectivity index (χ1) is 17.9. The van der Waals surface area contributed by atoms with Crippen molar-refractivity contribution in [3.8, 4) is 16.8 Å². The predicted molar refractivity (Wildman–Crippen MR) is 144 cm³/mol. The van der Waals surface area contributed by atoms with E-state index in [0.717, 1.165) is 40.0 Å². The molecule has 0 radical (unpaired) electrons. The number of nitrogens with two attached hydrogens (primary N) is 1. The third-order valence-electron chi connectivity index (χ3n) is 6.91. The first-order valence-electron chi connectivity index (χ1n) is 12.4. The summed E-state index contributed by atoms with van der Waals surface area (Å²) < 4.78 is 5.60. The molecular formula is C28H27N7O2. The highest BCUT2D eigenvalue weighted by molar-refractivity contribution is 6.05. The van der Waals surface area contributed by atoms with Crippen LogP contribution in [0.5, 0.6) is 0 Å². The van der Waals surface area contributed by atoms with E-state index in [9.17, 15) is 9.59 Å². The fourth-order valence-corrected chi connectivity index (χ4v) is 5.18. The molecule has 3 N–H and O–H groups in total. The Hall–Kier alpha value is -4.66. The zero-order valence-corrected chi connectivity index (χ0v) is 20.7. The Bertz CT molecular complexity index is 1690. The van der Waals surface area contributed by atoms with Crippen LogP contribution in [0, 0.1) is 0 Å². The minimum atomic E-state index is -0.396. The summed E-state index contributed by atoms with van der Waals surface area (Å²) in [5, 5.41) is 3.73. The Morgan fingerprint density at radius 3 is 2.54 bits per heavy atom. The average molecular weight is 494 g/mol. The monoisotopic (exact) mass is 493 g/mol. The van der Waals surface area contributed by atoms with Crippen molar-refractivity contribution >= 4 is 28.4 Å². The Balaban J connectivity index is 1.33. The number of fused-ring (bicyclic) bond motifs is 2. The van der Waals surface area contributed by atoms with E-state index in [1.807, 2.05) is 65.5 Å². The Morgan fingerprint density at radius 1 is 1.05 bits per heavy atom. The van der Waals surface area contributed by atoms with Gasteiger partial charge in [-0.2, -0.15) is 0 Å². The molecule has 0 fully saturated rings. The van der Waals surface area contributed by atoms with E-state index in [0.29, 0.717) is 24.5 Å². The van der Waals surface area contributed by atoms with Gasteiger partial charge in [0.05, 0.1) is 16.8 Å². The number of carbonyl (C=O) groups excluding carboxylic acids is 1. The second-order valence-electron chi connectivity index (χ2n) is 9.53. The van der Waals surface area contributed by atoms with Gasteiger partial charge in [-0.3, -0.25) is 14.3 Å². The number of carbonyl (C=O) groups is 1. The molecule has 0 atom stereocenters. The van der Waals surface area contributed by atoms with Crippen molar-refractivity contribution in [2.45, 2.75) is 39.3 Å². The Kier molecular flexibility index (Phi) is 5.40. The fourth-order valence-electron chi connectivity index (χ4n) is 5.18. The SMILES string of the molecule is CC(C)n1cc(-c2ccc(NC(=O)c3c4n(n(-c5ccccc5)c3=O)CCC4)cc2)c2c(N)ncnc21. The average Bonchev–Trinajstić information content (AvgIpc) is 3.58. The molecule has 0 spiro atoms. The largest absolute Gasteiger partial charge is 0.383 e. The normalized spacial score (nSPS) is 12.8. The molecule has 2 aromatic carbocycles. The minimum absolute atomic E-state index is 0.202. The third-order valence-corrected chi connectivity index (χ3v) is 6.91. The van der Waals surface area contributed by atoms with E-state index in [4.69, 9.17) is 5.73 Å². The third kappa shape index (κ3) is 3.70. The molecule has 186 valence electrons. The molecule has 9 nitrogen and oxygen atoms in total. The number of amides is 1. The van der Waals surface area contributed by atoms with E-state index >= 15 is 0 Å². The number of hydrogen-bond donors (Lipinski definition) is 2. The summed E-state index contributed by atoms with van der Waals surface area (Å²) in [5.41, 5.74) is 10.9. The van der Waals surface area contributed by atoms with Crippen LogP contribution in [0.4, 0.5) is 11.5 Å². The van der Waals surface area contributed by atoms with E-state index in [1.54, 1.807) is 4.68 Å². The summed E-state index contributed by atoms with van der Waals surface area (Å²) in [5.74, 6) is 0.0289. The lowest BCUT2D eigenvalue weighted by Crippen LogP contribution is -2.26. The number of hydrogen-bond acceptors (Lipinski definition) is 5. The molecule has 37 heavy (non-hydrogen) atoms. The van der Waals surface area contributed by atoms with Crippen molar-refractivity contribution in [3.63, 3.8) is 0 Å². The quantitative estimate of drug-likeness (QED) is 0.377. The van der Waals surface area contributed by atoms with E-state index < -0.39 is 5.91 Å². The Morgan fingerprint density at radius 2 is 1.81 bits per heavy atom. The van der Waals surface area contributed by atoms with Gasteiger partial charge in [-0.25, -0.2) is 14.6 Å². The van der Waals surface area contributed by atoms with Gasteiger partial charge in [-0.15, -0.1) is 0 Å². The zero-order valence-electron chi connectivity index (χ0n) is 20.7. The summed E-state index contributed by atoms with van der Waals surface area (Å²) >= 11 is 0. The van der Waals surface area contributed by atoms with Gasteiger partial charge < -0.3 is 15.6 Å². The number of aromatic nitrogens is 5. The number of rotatable bonds is 5. The maximum absolute atomic E-state index is 13.3. The number of nitrogens with one attached hydrogen (secondary N) is 1. The second kappa shape index (κ2) is 8.77. The molecule has 9 heteroatoms. The van der Waals surface area contributed by atoms with Gasteiger partial charge in [0, 0.05) is 30.0 Å². The topological polar surface area (TPSA) is 113 Å². The van der Waals surface area contributed by atoms with Gasteiger partial charge in [0.15, 0.2) is 0 Å². The van der Waals surface area contributed by atoms with Crippen LogP contribution in [0.1, 0.15) is 42.4 Å². The summed E-state index contributed by atoms with van der Waals surface area (Å²) in [4.78, 5) is 35.3. The van der Waals surface area contributed by atoms with Crippen molar-refractivity contribution in [1.82, 2.24) is 23.9 Å². The fraction of sp³-hybridized carbons (Fsp3) is 0.214. The van der Waals surface area contributed by atoms with Crippen LogP contribution in [-0.4, -0.2) is 29.8 Å².